The molecule has 0 aromatic carbocycles. The van der Waals surface area contributed by atoms with Gasteiger partial charge in [0.1, 0.15) is 0 Å². The van der Waals surface area contributed by atoms with E-state index in [1.54, 1.807) is 4.90 Å². The van der Waals surface area contributed by atoms with E-state index in [1.165, 1.54) is 7.11 Å². The van der Waals surface area contributed by atoms with Gasteiger partial charge in [-0.05, 0) is 25.4 Å². The molecular weight excluding hydrogens is 270 g/mol. The average molecular weight is 288 g/mol. The summed E-state index contributed by atoms with van der Waals surface area (Å²) in [6.07, 6.45) is 0.368. The Morgan fingerprint density at radius 3 is 2.58 bits per heavy atom. The molecule has 1 aromatic rings. The molecule has 0 atom stereocenters. The van der Waals surface area contributed by atoms with E-state index >= 15 is 0 Å². The number of anilines is 1. The van der Waals surface area contributed by atoms with Gasteiger partial charge in [0, 0.05) is 26.1 Å². The van der Waals surface area contributed by atoms with Gasteiger partial charge in [-0.2, -0.15) is 15.0 Å². The predicted molar refractivity (Wildman–Crippen MR) is 72.4 cm³/mol. The van der Waals surface area contributed by atoms with E-state index in [0.717, 1.165) is 0 Å². The average Bonchev–Trinajstić information content (AvgIpc) is 2.39. The number of ether oxygens (including phenoxy) is 1. The molecule has 0 fully saturated rings. The molecule has 0 saturated carbocycles. The smallest absolute Gasteiger partial charge is 0.322 e. The van der Waals surface area contributed by atoms with Gasteiger partial charge in [-0.25, -0.2) is 0 Å². The molecule has 7 nitrogen and oxygen atoms in total. The first kappa shape index (κ1) is 15.4. The Morgan fingerprint density at radius 2 is 2.00 bits per heavy atom. The first-order valence-corrected chi connectivity index (χ1v) is 6.45. The highest BCUT2D eigenvalue weighted by Gasteiger charge is 2.10. The third-order valence-electron chi connectivity index (χ3n) is 2.51. The minimum absolute atomic E-state index is 0.0458. The number of halogens is 1. The van der Waals surface area contributed by atoms with Crippen molar-refractivity contribution in [1.82, 2.24) is 19.9 Å². The van der Waals surface area contributed by atoms with Crippen molar-refractivity contribution in [1.29, 1.82) is 0 Å². The van der Waals surface area contributed by atoms with Crippen LogP contribution >= 0.6 is 11.6 Å². The number of amides is 1. The summed E-state index contributed by atoms with van der Waals surface area (Å²) in [6, 6.07) is 0.137. The number of carbonyl (C=O) groups excluding carboxylic acids is 1. The molecule has 0 saturated heterocycles. The highest BCUT2D eigenvalue weighted by atomic mass is 35.5. The van der Waals surface area contributed by atoms with Crippen LogP contribution in [-0.4, -0.2) is 52.5 Å². The number of nitrogens with one attached hydrogen (secondary N) is 1. The molecule has 1 rings (SSSR count). The lowest BCUT2D eigenvalue weighted by Crippen LogP contribution is -2.31. The summed E-state index contributed by atoms with van der Waals surface area (Å²) in [7, 11) is 1.44. The van der Waals surface area contributed by atoms with Crippen molar-refractivity contribution in [3.8, 4) is 6.01 Å². The summed E-state index contributed by atoms with van der Waals surface area (Å²) >= 11 is 5.71. The zero-order valence-corrected chi connectivity index (χ0v) is 12.1. The Labute approximate surface area is 117 Å². The minimum Gasteiger partial charge on any atom is -0.467 e. The van der Waals surface area contributed by atoms with Crippen LogP contribution in [0.25, 0.3) is 0 Å². The maximum Gasteiger partial charge on any atom is 0.322 e. The standard InChI is InChI=1S/C11H18ClN5O2/c1-4-17(5-2)8(18)6-7-13-10-14-9(12)15-11(16-10)19-3/h4-7H2,1-3H3,(H,13,14,15,16). The van der Waals surface area contributed by atoms with E-state index in [4.69, 9.17) is 16.3 Å². The van der Waals surface area contributed by atoms with Gasteiger partial charge in [0.2, 0.25) is 17.1 Å². The SMILES string of the molecule is CCN(CC)C(=O)CCNc1nc(Cl)nc(OC)n1. The van der Waals surface area contributed by atoms with Crippen LogP contribution in [0, 0.1) is 0 Å². The molecule has 1 N–H and O–H groups in total. The van der Waals surface area contributed by atoms with Crippen molar-refractivity contribution >= 4 is 23.5 Å². The van der Waals surface area contributed by atoms with Gasteiger partial charge >= 0.3 is 6.01 Å². The van der Waals surface area contributed by atoms with Crippen LogP contribution in [0.3, 0.4) is 0 Å². The fourth-order valence-corrected chi connectivity index (χ4v) is 1.67. The van der Waals surface area contributed by atoms with Gasteiger partial charge in [-0.15, -0.1) is 0 Å². The van der Waals surface area contributed by atoms with Crippen LogP contribution in [0.4, 0.5) is 5.95 Å². The Morgan fingerprint density at radius 1 is 1.32 bits per heavy atom. The monoisotopic (exact) mass is 287 g/mol. The molecule has 0 bridgehead atoms. The highest BCUT2D eigenvalue weighted by molar-refractivity contribution is 6.28. The summed E-state index contributed by atoms with van der Waals surface area (Å²) in [5, 5.41) is 2.97. The molecule has 1 amide bonds. The lowest BCUT2D eigenvalue weighted by Gasteiger charge is -2.18. The second-order valence-corrected chi connectivity index (χ2v) is 4.00. The maximum atomic E-state index is 11.8. The minimum atomic E-state index is 0.0458. The lowest BCUT2D eigenvalue weighted by molar-refractivity contribution is -0.130. The van der Waals surface area contributed by atoms with Crippen LogP contribution in [-0.2, 0) is 4.79 Å². The van der Waals surface area contributed by atoms with E-state index < -0.39 is 0 Å². The molecular formula is C11H18ClN5O2. The number of rotatable bonds is 7. The fourth-order valence-electron chi connectivity index (χ4n) is 1.52. The van der Waals surface area contributed by atoms with Crippen LogP contribution in [0.2, 0.25) is 5.28 Å². The summed E-state index contributed by atoms with van der Waals surface area (Å²) in [5.41, 5.74) is 0. The number of methoxy groups -OCH3 is 1. The number of aromatic nitrogens is 3. The van der Waals surface area contributed by atoms with Crippen molar-refractivity contribution in [2.75, 3.05) is 32.1 Å². The second-order valence-electron chi connectivity index (χ2n) is 3.66. The molecule has 8 heteroatoms. The van der Waals surface area contributed by atoms with Crippen molar-refractivity contribution in [2.24, 2.45) is 0 Å². The number of carbonyl (C=O) groups is 1. The number of hydrogen-bond donors (Lipinski definition) is 1. The number of nitrogens with zero attached hydrogens (tertiary/aromatic N) is 4. The van der Waals surface area contributed by atoms with Crippen LogP contribution in [0.1, 0.15) is 20.3 Å². The fraction of sp³-hybridized carbons (Fsp3) is 0.636. The zero-order valence-electron chi connectivity index (χ0n) is 11.3. The summed E-state index contributed by atoms with van der Waals surface area (Å²) in [5.74, 6) is 0.383. The Kier molecular flexibility index (Phi) is 6.27. The van der Waals surface area contributed by atoms with E-state index in [-0.39, 0.29) is 17.2 Å². The largest absolute Gasteiger partial charge is 0.467 e. The van der Waals surface area contributed by atoms with E-state index in [9.17, 15) is 4.79 Å². The summed E-state index contributed by atoms with van der Waals surface area (Å²) in [4.78, 5) is 25.2. The first-order valence-electron chi connectivity index (χ1n) is 6.07. The second kappa shape index (κ2) is 7.73. The van der Waals surface area contributed by atoms with E-state index in [2.05, 4.69) is 20.3 Å². The lowest BCUT2D eigenvalue weighted by atomic mass is 10.3. The van der Waals surface area contributed by atoms with Gasteiger partial charge in [0.15, 0.2) is 0 Å². The normalized spacial score (nSPS) is 10.1. The third-order valence-corrected chi connectivity index (χ3v) is 2.68. The van der Waals surface area contributed by atoms with Crippen molar-refractivity contribution in [3.05, 3.63) is 5.28 Å². The summed E-state index contributed by atoms with van der Waals surface area (Å²) in [6.45, 7) is 5.75. The topological polar surface area (TPSA) is 80.2 Å². The molecule has 0 aliphatic carbocycles. The van der Waals surface area contributed by atoms with Gasteiger partial charge in [0.05, 0.1) is 7.11 Å². The molecule has 1 aromatic heterocycles. The third kappa shape index (κ3) is 4.86. The van der Waals surface area contributed by atoms with Crippen LogP contribution in [0.5, 0.6) is 6.01 Å². The van der Waals surface area contributed by atoms with Gasteiger partial charge in [-0.3, -0.25) is 4.79 Å². The van der Waals surface area contributed by atoms with Crippen molar-refractivity contribution in [3.63, 3.8) is 0 Å². The van der Waals surface area contributed by atoms with Crippen LogP contribution in [0.15, 0.2) is 0 Å². The molecule has 0 aliphatic heterocycles. The molecule has 0 radical (unpaired) electrons. The molecule has 0 aliphatic rings. The molecule has 0 spiro atoms. The van der Waals surface area contributed by atoms with Crippen LogP contribution < -0.4 is 10.1 Å². The van der Waals surface area contributed by atoms with Gasteiger partial charge in [0.25, 0.3) is 0 Å². The molecule has 106 valence electrons. The van der Waals surface area contributed by atoms with E-state index in [1.807, 2.05) is 13.8 Å². The van der Waals surface area contributed by atoms with Crippen molar-refractivity contribution in [2.45, 2.75) is 20.3 Å². The zero-order chi connectivity index (χ0) is 14.3. The summed E-state index contributed by atoms with van der Waals surface area (Å²) < 4.78 is 4.87. The quantitative estimate of drug-likeness (QED) is 0.812. The Hall–Kier alpha value is -1.63. The maximum absolute atomic E-state index is 11.8. The number of hydrogen-bond acceptors (Lipinski definition) is 6. The Balaban J connectivity index is 2.49. The molecule has 19 heavy (non-hydrogen) atoms. The van der Waals surface area contributed by atoms with Gasteiger partial charge in [-0.1, -0.05) is 0 Å². The van der Waals surface area contributed by atoms with Crippen molar-refractivity contribution < 1.29 is 9.53 Å². The molecule has 1 heterocycles. The Bertz CT molecular complexity index is 426. The first-order chi connectivity index (χ1) is 9.10. The highest BCUT2D eigenvalue weighted by Crippen LogP contribution is 2.10. The molecule has 0 unspecified atom stereocenters. The van der Waals surface area contributed by atoms with E-state index in [0.29, 0.717) is 32.0 Å². The predicted octanol–water partition coefficient (Wildman–Crippen LogP) is 1.20. The van der Waals surface area contributed by atoms with Gasteiger partial charge < -0.3 is 15.0 Å².